The van der Waals surface area contributed by atoms with Gasteiger partial charge in [0.05, 0.1) is 42.2 Å². The van der Waals surface area contributed by atoms with Crippen LogP contribution in [0.5, 0.6) is 0 Å². The van der Waals surface area contributed by atoms with Gasteiger partial charge < -0.3 is 39.4 Å². The van der Waals surface area contributed by atoms with Crippen molar-refractivity contribution in [1.82, 2.24) is 0 Å². The molecule has 0 saturated carbocycles. The van der Waals surface area contributed by atoms with E-state index in [9.17, 15) is 10.2 Å². The number of rotatable bonds is 4. The second-order valence-corrected chi connectivity index (χ2v) is 15.5. The van der Waals surface area contributed by atoms with Gasteiger partial charge in [0.1, 0.15) is 5.60 Å². The predicted octanol–water partition coefficient (Wildman–Crippen LogP) is 11.9. The number of ether oxygens (including phenoxy) is 4. The SMILES string of the molecule is CC1(C)CC(O)O[C@]1(C)CO.CC1=C(C)[C@@](C)(CO)OC1O.CC[C@@]1(C)O[C@@H](C)C(C)=C1C.CC[C@@]1(C)O[C@@H](C)CC1(C)C.FF.FF.FF.FF.FF.FF. The molecule has 0 aliphatic carbocycles. The molecule has 8 atom stereocenters. The lowest BCUT2D eigenvalue weighted by Gasteiger charge is -2.35. The molecule has 0 aromatic heterocycles. The van der Waals surface area contributed by atoms with Crippen LogP contribution in [0, 0.1) is 10.8 Å². The molecule has 4 aliphatic rings. The van der Waals surface area contributed by atoms with E-state index in [-0.39, 0.29) is 29.8 Å². The molecule has 20 heteroatoms. The number of halogens is 12. The molecule has 344 valence electrons. The third kappa shape index (κ3) is 18.5. The van der Waals surface area contributed by atoms with Crippen LogP contribution in [-0.4, -0.2) is 80.8 Å². The number of hydrogen-bond acceptors (Lipinski definition) is 8. The largest absolute Gasteiger partial charge is 0.393 e. The Morgan fingerprint density at radius 3 is 1.05 bits per heavy atom. The molecule has 0 aromatic rings. The highest BCUT2D eigenvalue weighted by Crippen LogP contribution is 2.48. The summed E-state index contributed by atoms with van der Waals surface area (Å²) in [5.74, 6) is 0. The van der Waals surface area contributed by atoms with Crippen molar-refractivity contribution in [2.75, 3.05) is 13.2 Å². The molecule has 2 unspecified atom stereocenters. The zero-order valence-electron chi connectivity index (χ0n) is 35.5. The van der Waals surface area contributed by atoms with Crippen molar-refractivity contribution in [2.24, 2.45) is 10.8 Å². The van der Waals surface area contributed by atoms with Gasteiger partial charge in [-0.3, -0.25) is 0 Å². The minimum Gasteiger partial charge on any atom is -0.393 e. The maximum Gasteiger partial charge on any atom is 0.178 e. The zero-order valence-corrected chi connectivity index (χ0v) is 35.5. The van der Waals surface area contributed by atoms with Crippen LogP contribution >= 0.6 is 0 Å². The highest BCUT2D eigenvalue weighted by molar-refractivity contribution is 5.28. The Morgan fingerprint density at radius 2 is 0.911 bits per heavy atom. The van der Waals surface area contributed by atoms with Crippen LogP contribution in [0.1, 0.15) is 136 Å². The molecule has 2 fully saturated rings. The van der Waals surface area contributed by atoms with E-state index in [2.05, 4.69) is 69.2 Å². The predicted molar refractivity (Wildman–Crippen MR) is 190 cm³/mol. The third-order valence-corrected chi connectivity index (χ3v) is 11.7. The fourth-order valence-electron chi connectivity index (χ4n) is 6.37. The van der Waals surface area contributed by atoms with Gasteiger partial charge in [0, 0.05) is 66.7 Å². The second kappa shape index (κ2) is 31.3. The van der Waals surface area contributed by atoms with Crippen LogP contribution in [0.4, 0.5) is 54.9 Å². The first-order valence-electron chi connectivity index (χ1n) is 17.3. The lowest BCUT2D eigenvalue weighted by Crippen LogP contribution is -2.41. The maximum absolute atomic E-state index is 9.24. The van der Waals surface area contributed by atoms with Gasteiger partial charge in [0.25, 0.3) is 0 Å². The molecular formula is C36H68F12O8. The summed E-state index contributed by atoms with van der Waals surface area (Å²) in [4.78, 5) is 0. The maximum atomic E-state index is 9.24. The van der Waals surface area contributed by atoms with Gasteiger partial charge in [-0.05, 0) is 116 Å². The van der Waals surface area contributed by atoms with Crippen LogP contribution in [0.25, 0.3) is 0 Å². The summed E-state index contributed by atoms with van der Waals surface area (Å²) in [7, 11) is 0. The average molecular weight is 857 g/mol. The number of aliphatic hydroxyl groups excluding tert-OH is 4. The molecule has 0 spiro atoms. The first-order chi connectivity index (χ1) is 25.8. The van der Waals surface area contributed by atoms with E-state index in [4.69, 9.17) is 84.1 Å². The van der Waals surface area contributed by atoms with Crippen molar-refractivity contribution in [3.63, 3.8) is 0 Å². The average Bonchev–Trinajstić information content (AvgIpc) is 3.72. The molecule has 4 aliphatic heterocycles. The molecular weight excluding hydrogens is 788 g/mol. The molecule has 0 radical (unpaired) electrons. The Morgan fingerprint density at radius 1 is 0.518 bits per heavy atom. The topological polar surface area (TPSA) is 118 Å². The molecule has 4 rings (SSSR count). The van der Waals surface area contributed by atoms with Crippen LogP contribution in [0.15, 0.2) is 22.3 Å². The van der Waals surface area contributed by atoms with Crippen molar-refractivity contribution in [3.05, 3.63) is 22.3 Å². The molecule has 4 N–H and O–H groups in total. The van der Waals surface area contributed by atoms with E-state index in [0.29, 0.717) is 24.0 Å². The Labute approximate surface area is 324 Å². The summed E-state index contributed by atoms with van der Waals surface area (Å²) < 4.78 is 118. The molecule has 4 heterocycles. The van der Waals surface area contributed by atoms with Crippen molar-refractivity contribution in [3.8, 4) is 0 Å². The van der Waals surface area contributed by atoms with Crippen LogP contribution < -0.4 is 0 Å². The van der Waals surface area contributed by atoms with Crippen molar-refractivity contribution in [1.29, 1.82) is 0 Å². The van der Waals surface area contributed by atoms with Gasteiger partial charge >= 0.3 is 0 Å². The Kier molecular flexibility index (Phi) is 36.9. The number of aliphatic hydroxyl groups is 4. The molecule has 0 amide bonds. The van der Waals surface area contributed by atoms with Crippen molar-refractivity contribution in [2.45, 2.75) is 184 Å². The lowest BCUT2D eigenvalue weighted by atomic mass is 9.74. The third-order valence-electron chi connectivity index (χ3n) is 11.7. The minimum atomic E-state index is -0.841. The van der Waals surface area contributed by atoms with Gasteiger partial charge in [-0.2, -0.15) is 0 Å². The van der Waals surface area contributed by atoms with Crippen LogP contribution in [0.3, 0.4) is 0 Å². The van der Waals surface area contributed by atoms with Crippen LogP contribution in [0.2, 0.25) is 0 Å². The monoisotopic (exact) mass is 856 g/mol. The van der Waals surface area contributed by atoms with E-state index in [1.54, 1.807) is 13.8 Å². The van der Waals surface area contributed by atoms with Gasteiger partial charge in [-0.15, -0.1) is 0 Å². The van der Waals surface area contributed by atoms with Crippen molar-refractivity contribution < 1.29 is 94.3 Å². The highest BCUT2D eigenvalue weighted by Gasteiger charge is 2.50. The summed E-state index contributed by atoms with van der Waals surface area (Å²) >= 11 is 0. The van der Waals surface area contributed by atoms with Crippen LogP contribution in [-0.2, 0) is 18.9 Å². The molecule has 8 nitrogen and oxygen atoms in total. The fourth-order valence-corrected chi connectivity index (χ4v) is 6.37. The van der Waals surface area contributed by atoms with E-state index in [1.165, 1.54) is 17.6 Å². The summed E-state index contributed by atoms with van der Waals surface area (Å²) in [5, 5.41) is 36.4. The first-order valence-corrected chi connectivity index (χ1v) is 17.3. The molecule has 56 heavy (non-hydrogen) atoms. The van der Waals surface area contributed by atoms with E-state index in [0.717, 1.165) is 24.0 Å². The standard InChI is InChI=1S/C10H20O.C10H18O.C8H16O3.C8H14O3.6F2/c1-6-10(5)9(3,4)7-8(2)11-10;1-6-10(5)8(3)7(2)9(4)11-10;1-7(2)4-6(10)11-8(7,3)5-9;1-5-6(2)8(3,4-9)11-7(5)10;6*1-2/h8H,6-7H2,1-5H3;9H,6H2,1-5H3;6,9-10H,4-5H2,1-3H3;7,9-10H,4H2,1-3H3;;;;;;/t8-,10+;9-,10+;6?,8-;7?,8-;;;;;;/m0011....../s1. The fraction of sp³-hybridized carbons (Fsp3) is 0.889. The summed E-state index contributed by atoms with van der Waals surface area (Å²) in [6.07, 6.45) is 3.16. The van der Waals surface area contributed by atoms with E-state index >= 15 is 0 Å². The first kappa shape index (κ1) is 66.1. The zero-order chi connectivity index (χ0) is 46.7. The molecule has 0 aromatic carbocycles. The minimum absolute atomic E-state index is 0.0174. The summed E-state index contributed by atoms with van der Waals surface area (Å²) in [6.45, 7) is 33.1. The summed E-state index contributed by atoms with van der Waals surface area (Å²) in [5.41, 5.74) is 3.62. The lowest BCUT2D eigenvalue weighted by molar-refractivity contribution is -0.158. The van der Waals surface area contributed by atoms with Gasteiger partial charge in [0.2, 0.25) is 0 Å². The van der Waals surface area contributed by atoms with E-state index in [1.807, 2.05) is 27.7 Å². The quantitative estimate of drug-likeness (QED) is 0.163. The Balaban J connectivity index is -0.000000136. The number of hydrogen-bond donors (Lipinski definition) is 4. The van der Waals surface area contributed by atoms with Gasteiger partial charge in [-0.25, -0.2) is 0 Å². The van der Waals surface area contributed by atoms with Gasteiger partial charge in [0.15, 0.2) is 12.6 Å². The Bertz CT molecular complexity index is 980. The molecule has 2 saturated heterocycles. The smallest absolute Gasteiger partial charge is 0.178 e. The normalized spacial score (nSPS) is 32.6. The Hall–Kier alpha value is -1.68. The highest BCUT2D eigenvalue weighted by atomic mass is 20.0. The van der Waals surface area contributed by atoms with E-state index < -0.39 is 23.8 Å². The second-order valence-electron chi connectivity index (χ2n) is 15.5. The molecule has 0 bridgehead atoms. The van der Waals surface area contributed by atoms with Gasteiger partial charge in [-0.1, -0.05) is 41.5 Å². The van der Waals surface area contributed by atoms with Crippen molar-refractivity contribution >= 4 is 0 Å². The summed E-state index contributed by atoms with van der Waals surface area (Å²) in [6, 6.07) is 0.